The maximum absolute atomic E-state index is 12.9. The van der Waals surface area contributed by atoms with Gasteiger partial charge in [-0.05, 0) is 55.4 Å². The number of alkyl carbamates (subject to hydrolysis) is 1. The van der Waals surface area contributed by atoms with E-state index in [1.807, 2.05) is 27.7 Å². The van der Waals surface area contributed by atoms with Gasteiger partial charge in [0.1, 0.15) is 17.7 Å². The molecule has 2 fully saturated rings. The fourth-order valence-electron chi connectivity index (χ4n) is 3.83. The molecule has 2 N–H and O–H groups in total. The van der Waals surface area contributed by atoms with Gasteiger partial charge in [0.15, 0.2) is 0 Å². The number of nitrogens with one attached hydrogen (secondary N) is 1. The van der Waals surface area contributed by atoms with Crippen LogP contribution in [-0.2, 0) is 23.6 Å². The molecule has 2 aliphatic heterocycles. The molecule has 2 atom stereocenters. The molecule has 0 saturated carbocycles. The summed E-state index contributed by atoms with van der Waals surface area (Å²) < 4.78 is 17.2. The molecule has 36 heavy (non-hydrogen) atoms. The number of hydrogen-bond acceptors (Lipinski definition) is 9. The molecule has 0 spiro atoms. The first kappa shape index (κ1) is 27.7. The van der Waals surface area contributed by atoms with Crippen LogP contribution in [-0.4, -0.2) is 93.6 Å². The Balaban J connectivity index is 1.66. The van der Waals surface area contributed by atoms with Crippen LogP contribution in [0.1, 0.15) is 55.4 Å². The predicted octanol–water partition coefficient (Wildman–Crippen LogP) is 0.791. The van der Waals surface area contributed by atoms with Crippen molar-refractivity contribution in [1.29, 1.82) is 0 Å². The van der Waals surface area contributed by atoms with Crippen molar-refractivity contribution in [2.24, 2.45) is 0 Å². The van der Waals surface area contributed by atoms with Crippen LogP contribution in [0.4, 0.5) is 10.7 Å². The highest BCUT2D eigenvalue weighted by molar-refractivity contribution is 6.61. The lowest BCUT2D eigenvalue weighted by molar-refractivity contribution is -0.142. The number of carboxylic acids is 1. The number of anilines is 1. The molecule has 0 unspecified atom stereocenters. The summed E-state index contributed by atoms with van der Waals surface area (Å²) in [5.74, 6) is -1.28. The highest BCUT2D eigenvalue weighted by atomic mass is 16.7. The van der Waals surface area contributed by atoms with Crippen LogP contribution in [0.5, 0.6) is 0 Å². The summed E-state index contributed by atoms with van der Waals surface area (Å²) in [5.41, 5.74) is -1.10. The smallest absolute Gasteiger partial charge is 0.480 e. The highest BCUT2D eigenvalue weighted by Crippen LogP contribution is 2.36. The second-order valence-electron chi connectivity index (χ2n) is 11.1. The number of carbonyl (C=O) groups is 3. The lowest BCUT2D eigenvalue weighted by Gasteiger charge is -2.40. The van der Waals surface area contributed by atoms with E-state index < -0.39 is 54.0 Å². The summed E-state index contributed by atoms with van der Waals surface area (Å²) >= 11 is 0. The van der Waals surface area contributed by atoms with E-state index in [0.29, 0.717) is 5.46 Å². The van der Waals surface area contributed by atoms with Crippen molar-refractivity contribution in [2.45, 2.75) is 84.3 Å². The van der Waals surface area contributed by atoms with Gasteiger partial charge in [-0.15, -0.1) is 0 Å². The lowest BCUT2D eigenvalue weighted by Crippen LogP contribution is -2.61. The largest absolute Gasteiger partial charge is 0.498 e. The van der Waals surface area contributed by atoms with Crippen LogP contribution in [0.15, 0.2) is 12.4 Å². The number of nitrogens with zero attached hydrogens (tertiary/aromatic N) is 4. The number of hydrogen-bond donors (Lipinski definition) is 2. The molecule has 3 rings (SSSR count). The van der Waals surface area contributed by atoms with Gasteiger partial charge >= 0.3 is 19.2 Å². The zero-order valence-electron chi connectivity index (χ0n) is 22.2. The van der Waals surface area contributed by atoms with E-state index >= 15 is 0 Å². The molecule has 2 aliphatic rings. The number of aliphatic carboxylic acids is 1. The van der Waals surface area contributed by atoms with Crippen LogP contribution >= 0.6 is 0 Å². The third-order valence-corrected chi connectivity index (χ3v) is 6.52. The molecule has 0 bridgehead atoms. The molecule has 2 amide bonds. The average molecular weight is 505 g/mol. The van der Waals surface area contributed by atoms with Crippen LogP contribution in [0.25, 0.3) is 0 Å². The van der Waals surface area contributed by atoms with E-state index in [9.17, 15) is 19.5 Å². The molecule has 1 aromatic rings. The molecule has 0 aromatic carbocycles. The molecule has 0 radical (unpaired) electrons. The zero-order valence-corrected chi connectivity index (χ0v) is 22.2. The number of carboxylic acid groups (broad SMARTS) is 1. The number of ether oxygens (including phenoxy) is 1. The van der Waals surface area contributed by atoms with Crippen LogP contribution in [0.3, 0.4) is 0 Å². The predicted molar refractivity (Wildman–Crippen MR) is 132 cm³/mol. The Hall–Kier alpha value is -2.93. The minimum Gasteiger partial charge on any atom is -0.480 e. The SMILES string of the molecule is C[C@H](NC(=O)OC(C)(C)C)C(=O)N1CCN(c2ncc(B3OC(C)(C)C(C)(C)O3)cn2)[C@@H](C(=O)O)C1. The summed E-state index contributed by atoms with van der Waals surface area (Å²) in [4.78, 5) is 48.7. The molecule has 13 heteroatoms. The summed E-state index contributed by atoms with van der Waals surface area (Å²) in [5, 5.41) is 12.4. The summed E-state index contributed by atoms with van der Waals surface area (Å²) in [6.45, 7) is 14.9. The lowest BCUT2D eigenvalue weighted by atomic mass is 9.81. The number of rotatable bonds is 5. The third-order valence-electron chi connectivity index (χ3n) is 6.52. The number of piperazine rings is 1. The second-order valence-corrected chi connectivity index (χ2v) is 11.1. The Kier molecular flexibility index (Phi) is 7.57. The Morgan fingerprint density at radius 2 is 1.69 bits per heavy atom. The monoisotopic (exact) mass is 505 g/mol. The van der Waals surface area contributed by atoms with Gasteiger partial charge < -0.3 is 34.3 Å². The molecule has 0 aliphatic carbocycles. The first-order chi connectivity index (χ1) is 16.5. The molecule has 12 nitrogen and oxygen atoms in total. The summed E-state index contributed by atoms with van der Waals surface area (Å²) in [7, 11) is -0.632. The van der Waals surface area contributed by atoms with Crippen molar-refractivity contribution < 1.29 is 33.5 Å². The Morgan fingerprint density at radius 1 is 1.14 bits per heavy atom. The average Bonchev–Trinajstić information content (AvgIpc) is 2.98. The maximum Gasteiger partial charge on any atom is 0.498 e. The van der Waals surface area contributed by atoms with Crippen molar-refractivity contribution in [2.75, 3.05) is 24.5 Å². The standard InChI is InChI=1S/C23H36BN5O7/c1-14(27-20(33)34-21(2,3)4)17(30)28-9-10-29(16(13-28)18(31)32)19-25-11-15(12-26-19)24-35-22(5,6)23(7,8)36-24/h11-12,14,16H,9-10,13H2,1-8H3,(H,27,33)(H,31,32)/t14-,16+/m0/s1. The Bertz CT molecular complexity index is 980. The van der Waals surface area contributed by atoms with E-state index in [1.54, 1.807) is 38.1 Å². The molecule has 1 aromatic heterocycles. The van der Waals surface area contributed by atoms with E-state index in [1.165, 1.54) is 11.8 Å². The van der Waals surface area contributed by atoms with Gasteiger partial charge in [-0.1, -0.05) is 0 Å². The second kappa shape index (κ2) is 9.85. The highest BCUT2D eigenvalue weighted by Gasteiger charge is 2.52. The van der Waals surface area contributed by atoms with Crippen LogP contribution in [0.2, 0.25) is 0 Å². The van der Waals surface area contributed by atoms with E-state index in [4.69, 9.17) is 14.0 Å². The zero-order chi connectivity index (χ0) is 27.1. The fourth-order valence-corrected chi connectivity index (χ4v) is 3.83. The Labute approximate surface area is 211 Å². The summed E-state index contributed by atoms with van der Waals surface area (Å²) in [6, 6.07) is -1.93. The first-order valence-electron chi connectivity index (χ1n) is 12.0. The first-order valence-corrected chi connectivity index (χ1v) is 12.0. The normalized spacial score (nSPS) is 22.2. The van der Waals surface area contributed by atoms with Gasteiger partial charge in [-0.2, -0.15) is 0 Å². The third kappa shape index (κ3) is 6.07. The minimum absolute atomic E-state index is 0.0865. The molecular formula is C23H36BN5O7. The quantitative estimate of drug-likeness (QED) is 0.552. The Morgan fingerprint density at radius 3 is 2.19 bits per heavy atom. The van der Waals surface area contributed by atoms with Crippen LogP contribution in [0, 0.1) is 0 Å². The van der Waals surface area contributed by atoms with Crippen molar-refractivity contribution in [3.8, 4) is 0 Å². The van der Waals surface area contributed by atoms with E-state index in [-0.39, 0.29) is 25.6 Å². The molecule has 2 saturated heterocycles. The van der Waals surface area contributed by atoms with Gasteiger partial charge in [0, 0.05) is 30.9 Å². The van der Waals surface area contributed by atoms with Crippen molar-refractivity contribution in [1.82, 2.24) is 20.2 Å². The van der Waals surface area contributed by atoms with Crippen molar-refractivity contribution >= 4 is 36.5 Å². The fraction of sp³-hybridized carbons (Fsp3) is 0.696. The van der Waals surface area contributed by atoms with Gasteiger partial charge in [0.25, 0.3) is 0 Å². The minimum atomic E-state index is -1.11. The molecule has 198 valence electrons. The van der Waals surface area contributed by atoms with Crippen LogP contribution < -0.4 is 15.7 Å². The molecular weight excluding hydrogens is 469 g/mol. The maximum atomic E-state index is 12.9. The number of aromatic nitrogens is 2. The van der Waals surface area contributed by atoms with Crippen molar-refractivity contribution in [3.63, 3.8) is 0 Å². The van der Waals surface area contributed by atoms with Gasteiger partial charge in [0.2, 0.25) is 11.9 Å². The van der Waals surface area contributed by atoms with Gasteiger partial charge in [0.05, 0.1) is 17.7 Å². The number of carbonyl (C=O) groups excluding carboxylic acids is 2. The van der Waals surface area contributed by atoms with Gasteiger partial charge in [-0.25, -0.2) is 19.6 Å². The topological polar surface area (TPSA) is 143 Å². The van der Waals surface area contributed by atoms with E-state index in [0.717, 1.165) is 0 Å². The summed E-state index contributed by atoms with van der Waals surface area (Å²) in [6.07, 6.45) is 2.41. The number of amides is 2. The molecule has 3 heterocycles. The van der Waals surface area contributed by atoms with Gasteiger partial charge in [-0.3, -0.25) is 4.79 Å². The van der Waals surface area contributed by atoms with E-state index in [2.05, 4.69) is 15.3 Å². The van der Waals surface area contributed by atoms with Crippen molar-refractivity contribution in [3.05, 3.63) is 12.4 Å².